The summed E-state index contributed by atoms with van der Waals surface area (Å²) in [4.78, 5) is 14.3. The van der Waals surface area contributed by atoms with Crippen molar-refractivity contribution in [3.05, 3.63) is 276 Å². The maximum absolute atomic E-state index is 11.5. The highest BCUT2D eigenvalue weighted by Crippen LogP contribution is 2.46. The van der Waals surface area contributed by atoms with Crippen LogP contribution in [0.2, 0.25) is 0 Å². The van der Waals surface area contributed by atoms with Crippen LogP contribution in [0.4, 0.5) is 17.8 Å². The number of fused-ring (bicyclic) bond motifs is 9. The van der Waals surface area contributed by atoms with Crippen molar-refractivity contribution in [3.8, 4) is 6.07 Å². The standard InChI is InChI=1S/C23H19N3O.C23H19N3.C18H15N5/c1-23(17-12-6-3-7-13-17)21(27)20(16-10-4-2-5-11-16)25-22-24-18-14-8-9-15-19(18)26(22)23;1-23(18-12-6-3-7-13-18)16-20(17-10-4-2-5-11-17)25-22-24-19-14-8-9-15-21(19)26(22)23;1-18(12-7-3-2-4-8-12)13(11-19)16(20)22-17-21-14-9-5-6-10-15(14)23(17)18/h2-15,27H,1H3,(H,24,25);2-16H,1H3,(H,24,25);2-10H,20H2,1H3,(H,21,22). The van der Waals surface area contributed by atoms with Gasteiger partial charge in [0.05, 0.1) is 49.9 Å². The first-order valence-electron chi connectivity index (χ1n) is 25.2. The fourth-order valence-electron chi connectivity index (χ4n) is 11.1. The maximum atomic E-state index is 11.5. The fraction of sp³-hybridized carbons (Fsp3) is 0.0938. The zero-order valence-electron chi connectivity index (χ0n) is 42.1. The summed E-state index contributed by atoms with van der Waals surface area (Å²) in [5.41, 5.74) is 17.7. The van der Waals surface area contributed by atoms with Crippen molar-refractivity contribution in [1.82, 2.24) is 28.7 Å². The van der Waals surface area contributed by atoms with Crippen LogP contribution < -0.4 is 21.7 Å². The first-order chi connectivity index (χ1) is 37.1. The zero-order valence-corrected chi connectivity index (χ0v) is 42.1. The van der Waals surface area contributed by atoms with Gasteiger partial charge in [-0.2, -0.15) is 5.26 Å². The third kappa shape index (κ3) is 7.64. The minimum Gasteiger partial charge on any atom is -0.507 e. The molecule has 6 N–H and O–H groups in total. The molecule has 3 atom stereocenters. The monoisotopic (exact) mass is 991 g/mol. The van der Waals surface area contributed by atoms with Crippen LogP contribution in [-0.2, 0) is 16.6 Å². The number of rotatable bonds is 5. The lowest BCUT2D eigenvalue weighted by Gasteiger charge is -2.38. The van der Waals surface area contributed by atoms with Gasteiger partial charge in [-0.15, -0.1) is 0 Å². The van der Waals surface area contributed by atoms with Crippen LogP contribution in [0, 0.1) is 11.3 Å². The Kier molecular flexibility index (Phi) is 11.6. The number of anilines is 3. The molecule has 12 nitrogen and oxygen atoms in total. The molecular weight excluding hydrogens is 939 g/mol. The van der Waals surface area contributed by atoms with Crippen LogP contribution in [0.5, 0.6) is 0 Å². The van der Waals surface area contributed by atoms with Crippen molar-refractivity contribution in [3.63, 3.8) is 0 Å². The third-order valence-corrected chi connectivity index (χ3v) is 14.9. The molecule has 3 aromatic heterocycles. The van der Waals surface area contributed by atoms with Gasteiger partial charge in [0.2, 0.25) is 17.8 Å². The first-order valence-corrected chi connectivity index (χ1v) is 25.2. The Morgan fingerprint density at radius 3 is 1.33 bits per heavy atom. The van der Waals surface area contributed by atoms with Gasteiger partial charge in [0.1, 0.15) is 28.7 Å². The van der Waals surface area contributed by atoms with Crippen molar-refractivity contribution >= 4 is 62.3 Å². The molecule has 0 radical (unpaired) electrons. The van der Waals surface area contributed by atoms with E-state index in [0.29, 0.717) is 23.0 Å². The summed E-state index contributed by atoms with van der Waals surface area (Å²) in [6.45, 7) is 6.30. The van der Waals surface area contributed by atoms with Crippen molar-refractivity contribution in [2.75, 3.05) is 16.0 Å². The van der Waals surface area contributed by atoms with Gasteiger partial charge in [0.15, 0.2) is 0 Å². The minimum atomic E-state index is -0.775. The summed E-state index contributed by atoms with van der Waals surface area (Å²) in [6, 6.07) is 77.4. The predicted octanol–water partition coefficient (Wildman–Crippen LogP) is 13.3. The van der Waals surface area contributed by atoms with E-state index in [1.807, 2.05) is 170 Å². The van der Waals surface area contributed by atoms with Crippen LogP contribution >= 0.6 is 0 Å². The molecule has 370 valence electrons. The van der Waals surface area contributed by atoms with Crippen LogP contribution in [0.15, 0.2) is 248 Å². The number of hydrogen-bond acceptors (Lipinski definition) is 9. The molecule has 0 aliphatic carbocycles. The summed E-state index contributed by atoms with van der Waals surface area (Å²) < 4.78 is 6.43. The second-order valence-corrected chi connectivity index (χ2v) is 19.5. The normalized spacial score (nSPS) is 19.3. The fourth-order valence-corrected chi connectivity index (χ4v) is 11.1. The number of aliphatic hydroxyl groups excluding tert-OH is 1. The lowest BCUT2D eigenvalue weighted by Crippen LogP contribution is -2.41. The summed E-state index contributed by atoms with van der Waals surface area (Å²) >= 11 is 0. The molecule has 3 aliphatic rings. The highest BCUT2D eigenvalue weighted by atomic mass is 16.3. The Bertz CT molecular complexity index is 4100. The van der Waals surface area contributed by atoms with E-state index in [-0.39, 0.29) is 11.3 Å². The van der Waals surface area contributed by atoms with Crippen LogP contribution in [-0.4, -0.2) is 33.8 Å². The molecule has 3 unspecified atom stereocenters. The molecule has 8 aromatic carbocycles. The van der Waals surface area contributed by atoms with Crippen molar-refractivity contribution < 1.29 is 5.11 Å². The summed E-state index contributed by atoms with van der Waals surface area (Å²) in [5.74, 6) is 2.87. The van der Waals surface area contributed by atoms with Gasteiger partial charge in [-0.1, -0.05) is 188 Å². The molecule has 76 heavy (non-hydrogen) atoms. The molecule has 6 heterocycles. The van der Waals surface area contributed by atoms with Crippen LogP contribution in [0.3, 0.4) is 0 Å². The third-order valence-electron chi connectivity index (χ3n) is 14.9. The average Bonchev–Trinajstić information content (AvgIpc) is 4.26. The number of nitrogens with zero attached hydrogens (tertiary/aromatic N) is 7. The first kappa shape index (κ1) is 46.9. The molecule has 0 saturated heterocycles. The summed E-state index contributed by atoms with van der Waals surface area (Å²) in [6.07, 6.45) is 2.30. The Labute approximate surface area is 440 Å². The van der Waals surface area contributed by atoms with Gasteiger partial charge in [0.25, 0.3) is 0 Å². The van der Waals surface area contributed by atoms with Gasteiger partial charge < -0.3 is 26.8 Å². The molecule has 11 aromatic rings. The molecule has 3 aliphatic heterocycles. The van der Waals surface area contributed by atoms with E-state index in [9.17, 15) is 10.4 Å². The van der Waals surface area contributed by atoms with Gasteiger partial charge in [-0.25, -0.2) is 15.0 Å². The average molecular weight is 992 g/mol. The van der Waals surface area contributed by atoms with E-state index >= 15 is 0 Å². The van der Waals surface area contributed by atoms with Gasteiger partial charge >= 0.3 is 0 Å². The van der Waals surface area contributed by atoms with E-state index < -0.39 is 11.1 Å². The van der Waals surface area contributed by atoms with Crippen molar-refractivity contribution in [1.29, 1.82) is 5.26 Å². The number of allylic oxidation sites excluding steroid dienone is 3. The van der Waals surface area contributed by atoms with Crippen molar-refractivity contribution in [2.45, 2.75) is 37.4 Å². The largest absolute Gasteiger partial charge is 0.507 e. The smallest absolute Gasteiger partial charge is 0.210 e. The molecule has 0 fully saturated rings. The van der Waals surface area contributed by atoms with E-state index in [1.165, 1.54) is 5.56 Å². The lowest BCUT2D eigenvalue weighted by molar-refractivity contribution is 0.281. The summed E-state index contributed by atoms with van der Waals surface area (Å²) in [7, 11) is 0. The van der Waals surface area contributed by atoms with E-state index in [2.05, 4.69) is 122 Å². The number of para-hydroxylation sites is 6. The van der Waals surface area contributed by atoms with Gasteiger partial charge in [-0.05, 0) is 85.5 Å². The second-order valence-electron chi connectivity index (χ2n) is 19.5. The number of imidazole rings is 3. The number of aromatic nitrogens is 6. The van der Waals surface area contributed by atoms with E-state index in [4.69, 9.17) is 15.7 Å². The molecular formula is C64H53N11O. The lowest BCUT2D eigenvalue weighted by atomic mass is 9.83. The molecule has 0 spiro atoms. The van der Waals surface area contributed by atoms with Gasteiger partial charge in [0, 0.05) is 11.3 Å². The van der Waals surface area contributed by atoms with Crippen LogP contribution in [0.1, 0.15) is 48.6 Å². The number of benzene rings is 8. The number of nitriles is 1. The zero-order chi connectivity index (χ0) is 52.0. The number of aliphatic hydroxyl groups is 1. The van der Waals surface area contributed by atoms with Gasteiger partial charge in [-0.3, -0.25) is 13.7 Å². The maximum Gasteiger partial charge on any atom is 0.210 e. The van der Waals surface area contributed by atoms with E-state index in [0.717, 1.165) is 72.9 Å². The molecule has 0 bridgehead atoms. The number of nitrogens with one attached hydrogen (secondary N) is 3. The topological polar surface area (TPSA) is 160 Å². The summed E-state index contributed by atoms with van der Waals surface area (Å²) in [5, 5.41) is 31.2. The number of nitrogens with two attached hydrogens (primary N) is 1. The predicted molar refractivity (Wildman–Crippen MR) is 305 cm³/mol. The van der Waals surface area contributed by atoms with E-state index in [1.54, 1.807) is 0 Å². The van der Waals surface area contributed by atoms with Crippen molar-refractivity contribution in [2.24, 2.45) is 5.73 Å². The second kappa shape index (κ2) is 18.7. The Balaban J connectivity index is 0.000000115. The minimum absolute atomic E-state index is 0.274. The molecule has 12 heteroatoms. The quantitative estimate of drug-likeness (QED) is 0.113. The Hall–Kier alpha value is -10.1. The highest BCUT2D eigenvalue weighted by molar-refractivity contribution is 5.89. The molecule has 0 amide bonds. The molecule has 14 rings (SSSR count). The molecule has 0 saturated carbocycles. The Morgan fingerprint density at radius 2 is 0.829 bits per heavy atom. The van der Waals surface area contributed by atoms with Crippen LogP contribution in [0.25, 0.3) is 44.5 Å². The SMILES string of the molecule is CC1(c2ccccc2)C(C#N)=C(N)Nc2nc3ccccc3n21.CC1(c2ccccc2)C(O)=C(c2ccccc2)Nc2nc3ccccc3n21.CC1(c2ccccc2)C=C(c2ccccc2)Nc2nc3ccccc3n21. The Morgan fingerprint density at radius 1 is 0.447 bits per heavy atom. The highest BCUT2D eigenvalue weighted by Gasteiger charge is 2.44. The number of hydrogen-bond donors (Lipinski definition) is 5.